The van der Waals surface area contributed by atoms with E-state index in [0.29, 0.717) is 0 Å². The van der Waals surface area contributed by atoms with Crippen LogP contribution in [0.1, 0.15) is 17.9 Å². The molecule has 0 saturated carbocycles. The molecule has 0 aliphatic carbocycles. The first kappa shape index (κ1) is 12.0. The number of primary amides is 1. The molecular weight excluding hydrogens is 230 g/mol. The summed E-state index contributed by atoms with van der Waals surface area (Å²) in [6.07, 6.45) is 5.35. The van der Waals surface area contributed by atoms with E-state index in [1.165, 1.54) is 0 Å². The second-order valence-corrected chi connectivity index (χ2v) is 4.11. The van der Waals surface area contributed by atoms with Crippen LogP contribution in [0.15, 0.2) is 24.3 Å². The molecule has 0 radical (unpaired) electrons. The molecule has 2 amide bonds. The third-order valence-electron chi connectivity index (χ3n) is 2.98. The summed E-state index contributed by atoms with van der Waals surface area (Å²) in [6.45, 7) is 0. The maximum atomic E-state index is 11.9. The molecule has 0 saturated heterocycles. The summed E-state index contributed by atoms with van der Waals surface area (Å²) in [5, 5.41) is 5.30. The topological polar surface area (TPSA) is 84.2 Å². The van der Waals surface area contributed by atoms with Gasteiger partial charge in [0.05, 0.1) is 5.92 Å². The van der Waals surface area contributed by atoms with Crippen LogP contribution in [0.3, 0.4) is 0 Å². The first-order valence-corrected chi connectivity index (χ1v) is 5.53. The van der Waals surface area contributed by atoms with E-state index in [1.54, 1.807) is 0 Å². The van der Waals surface area contributed by atoms with Crippen LogP contribution in [0.5, 0.6) is 0 Å². The molecule has 18 heavy (non-hydrogen) atoms. The number of para-hydroxylation sites is 1. The molecule has 5 nitrogen and oxygen atoms in total. The number of terminal acetylenes is 1. The van der Waals surface area contributed by atoms with E-state index in [-0.39, 0.29) is 12.3 Å². The van der Waals surface area contributed by atoms with E-state index in [0.717, 1.165) is 11.3 Å². The minimum Gasteiger partial charge on any atom is -0.368 e. The van der Waals surface area contributed by atoms with Crippen LogP contribution in [0.25, 0.3) is 0 Å². The fraction of sp³-hybridized carbons (Fsp3) is 0.231. The number of fused-ring (bicyclic) bond motifs is 1. The van der Waals surface area contributed by atoms with Gasteiger partial charge < -0.3 is 16.4 Å². The van der Waals surface area contributed by atoms with Crippen molar-refractivity contribution in [3.63, 3.8) is 0 Å². The molecule has 4 N–H and O–H groups in total. The van der Waals surface area contributed by atoms with E-state index in [1.807, 2.05) is 24.3 Å². The molecule has 92 valence electrons. The Balaban J connectivity index is 2.21. The summed E-state index contributed by atoms with van der Waals surface area (Å²) in [6, 6.07) is 8.83. The van der Waals surface area contributed by atoms with E-state index < -0.39 is 17.9 Å². The van der Waals surface area contributed by atoms with Crippen LogP contribution in [-0.2, 0) is 9.59 Å². The molecule has 1 aromatic rings. The van der Waals surface area contributed by atoms with E-state index in [9.17, 15) is 9.59 Å². The van der Waals surface area contributed by atoms with Gasteiger partial charge in [-0.15, -0.1) is 0 Å². The Morgan fingerprint density at radius 3 is 2.94 bits per heavy atom. The predicted molar refractivity (Wildman–Crippen MR) is 67.4 cm³/mol. The largest absolute Gasteiger partial charge is 0.368 e. The van der Waals surface area contributed by atoms with Crippen LogP contribution in [0.2, 0.25) is 0 Å². The van der Waals surface area contributed by atoms with Crippen molar-refractivity contribution in [2.45, 2.75) is 18.4 Å². The molecule has 5 heteroatoms. The van der Waals surface area contributed by atoms with Crippen LogP contribution in [-0.4, -0.2) is 17.9 Å². The monoisotopic (exact) mass is 243 g/mol. The zero-order valence-electron chi connectivity index (χ0n) is 9.64. The van der Waals surface area contributed by atoms with Crippen LogP contribution in [0.4, 0.5) is 5.69 Å². The number of hydrogen-bond acceptors (Lipinski definition) is 3. The molecule has 1 heterocycles. The first-order valence-electron chi connectivity index (χ1n) is 5.53. The van der Waals surface area contributed by atoms with Gasteiger partial charge in [-0.1, -0.05) is 24.6 Å². The van der Waals surface area contributed by atoms with E-state index >= 15 is 0 Å². The van der Waals surface area contributed by atoms with Gasteiger partial charge in [0.25, 0.3) is 0 Å². The summed E-state index contributed by atoms with van der Waals surface area (Å²) in [4.78, 5) is 23.1. The number of nitrogens with one attached hydrogen (secondary N) is 2. The minimum atomic E-state index is -0.711. The Morgan fingerprint density at radius 2 is 2.28 bits per heavy atom. The number of anilines is 1. The maximum absolute atomic E-state index is 11.9. The maximum Gasteiger partial charge on any atom is 0.240 e. The molecule has 1 aliphatic rings. The quantitative estimate of drug-likeness (QED) is 0.519. The number of nitrogens with two attached hydrogens (primary N) is 1. The van der Waals surface area contributed by atoms with E-state index in [4.69, 9.17) is 12.2 Å². The Labute approximate surface area is 105 Å². The minimum absolute atomic E-state index is 0.138. The summed E-state index contributed by atoms with van der Waals surface area (Å²) in [5.41, 5.74) is 6.88. The van der Waals surface area contributed by atoms with Gasteiger partial charge in [0.15, 0.2) is 0 Å². The molecule has 0 fully saturated rings. The molecule has 0 unspecified atom stereocenters. The highest BCUT2D eigenvalue weighted by Gasteiger charge is 2.33. The second-order valence-electron chi connectivity index (χ2n) is 4.11. The zero-order chi connectivity index (χ0) is 13.1. The summed E-state index contributed by atoms with van der Waals surface area (Å²) < 4.78 is 0. The fourth-order valence-electron chi connectivity index (χ4n) is 2.09. The number of carbonyl (C=O) groups is 2. The van der Waals surface area contributed by atoms with Gasteiger partial charge in [0, 0.05) is 11.7 Å². The average molecular weight is 243 g/mol. The van der Waals surface area contributed by atoms with Crippen LogP contribution < -0.4 is 16.4 Å². The number of rotatable bonds is 4. The normalized spacial score (nSPS) is 18.4. The van der Waals surface area contributed by atoms with Crippen LogP contribution in [0, 0.1) is 12.5 Å². The summed E-state index contributed by atoms with van der Waals surface area (Å²) in [5.74, 6) is -1.11. The smallest absolute Gasteiger partial charge is 0.240 e. The molecule has 2 atom stereocenters. The van der Waals surface area contributed by atoms with Gasteiger partial charge in [-0.25, -0.2) is 0 Å². The number of carbonyl (C=O) groups excluding carboxylic acids is 2. The number of benzene rings is 1. The van der Waals surface area contributed by atoms with Crippen molar-refractivity contribution in [2.24, 2.45) is 5.73 Å². The van der Waals surface area contributed by atoms with Gasteiger partial charge in [0.1, 0.15) is 6.04 Å². The molecule has 0 bridgehead atoms. The zero-order valence-corrected chi connectivity index (χ0v) is 9.64. The average Bonchev–Trinajstić information content (AvgIpc) is 2.65. The lowest BCUT2D eigenvalue weighted by Gasteiger charge is -2.16. The van der Waals surface area contributed by atoms with Crippen molar-refractivity contribution in [3.8, 4) is 12.5 Å². The Bertz CT molecular complexity index is 533. The first-order chi connectivity index (χ1) is 8.63. The fourth-order valence-corrected chi connectivity index (χ4v) is 2.09. The van der Waals surface area contributed by atoms with E-state index in [2.05, 4.69) is 16.7 Å². The molecule has 1 aliphatic heterocycles. The van der Waals surface area contributed by atoms with Gasteiger partial charge in [-0.2, -0.15) is 0 Å². The molecule has 0 spiro atoms. The Morgan fingerprint density at radius 1 is 1.56 bits per heavy atom. The third-order valence-corrected chi connectivity index (χ3v) is 2.98. The second kappa shape index (κ2) is 4.80. The van der Waals surface area contributed by atoms with Crippen molar-refractivity contribution >= 4 is 17.5 Å². The number of hydrogen-bond donors (Lipinski definition) is 3. The van der Waals surface area contributed by atoms with Crippen molar-refractivity contribution in [3.05, 3.63) is 29.8 Å². The van der Waals surface area contributed by atoms with Crippen molar-refractivity contribution in [2.75, 3.05) is 5.32 Å². The molecular formula is C13H13N3O2. The third kappa shape index (κ3) is 2.13. The van der Waals surface area contributed by atoms with Crippen molar-refractivity contribution in [1.29, 1.82) is 0 Å². The van der Waals surface area contributed by atoms with Gasteiger partial charge in [0.2, 0.25) is 11.8 Å². The molecule has 2 rings (SSSR count). The summed E-state index contributed by atoms with van der Waals surface area (Å²) in [7, 11) is 0. The molecule has 1 aromatic carbocycles. The van der Waals surface area contributed by atoms with Crippen molar-refractivity contribution < 1.29 is 9.59 Å². The Hall–Kier alpha value is -2.48. The SMILES string of the molecule is C#CN[C@@H](C[C@H]1C(=O)Nc2ccccc21)C(N)=O. The standard InChI is InChI=1S/C13H13N3O2/c1-2-15-11(12(14)17)7-9-8-5-3-4-6-10(8)16-13(9)18/h1,3-6,9,11,15H,7H2,(H2,14,17)(H,16,18)/t9-,11+/m1/s1. The predicted octanol–water partition coefficient (Wildman–Crippen LogP) is 0.147. The molecule has 0 aromatic heterocycles. The highest BCUT2D eigenvalue weighted by atomic mass is 16.2. The van der Waals surface area contributed by atoms with Crippen molar-refractivity contribution in [1.82, 2.24) is 5.32 Å². The van der Waals surface area contributed by atoms with Gasteiger partial charge in [-0.3, -0.25) is 9.59 Å². The Kier molecular flexibility index (Phi) is 3.20. The van der Waals surface area contributed by atoms with Gasteiger partial charge >= 0.3 is 0 Å². The highest BCUT2D eigenvalue weighted by molar-refractivity contribution is 6.03. The van der Waals surface area contributed by atoms with Crippen LogP contribution >= 0.6 is 0 Å². The lowest BCUT2D eigenvalue weighted by Crippen LogP contribution is -2.40. The number of amides is 2. The lowest BCUT2D eigenvalue weighted by molar-refractivity contribution is -0.120. The highest BCUT2D eigenvalue weighted by Crippen LogP contribution is 2.34. The summed E-state index contributed by atoms with van der Waals surface area (Å²) >= 11 is 0. The lowest BCUT2D eigenvalue weighted by atomic mass is 9.93. The van der Waals surface area contributed by atoms with Gasteiger partial charge in [-0.05, 0) is 18.1 Å².